The van der Waals surface area contributed by atoms with Crippen molar-refractivity contribution in [2.24, 2.45) is 0 Å². The van der Waals surface area contributed by atoms with E-state index in [2.05, 4.69) is 50.2 Å². The maximum Gasteiger partial charge on any atom is 0.182 e. The van der Waals surface area contributed by atoms with Crippen molar-refractivity contribution in [1.82, 2.24) is 29.4 Å². The molecule has 0 radical (unpaired) electrons. The summed E-state index contributed by atoms with van der Waals surface area (Å²) in [7, 11) is 0. The van der Waals surface area contributed by atoms with Crippen LogP contribution in [0.1, 0.15) is 17.0 Å². The van der Waals surface area contributed by atoms with Crippen LogP contribution in [-0.4, -0.2) is 29.4 Å². The molecular weight excluding hydrogens is 424 g/mol. The normalized spacial score (nSPS) is 11.7. The second kappa shape index (κ2) is 6.24. The van der Waals surface area contributed by atoms with E-state index in [0.717, 1.165) is 42.9 Å². The van der Waals surface area contributed by atoms with Gasteiger partial charge in [0.15, 0.2) is 11.5 Å². The molecule has 6 nitrogen and oxygen atoms in total. The number of hydrogen-bond acceptors (Lipinski definition) is 5. The van der Waals surface area contributed by atoms with Gasteiger partial charge >= 0.3 is 0 Å². The molecule has 0 aliphatic heterocycles. The van der Waals surface area contributed by atoms with Gasteiger partial charge in [-0.05, 0) is 52.9 Å². The third-order valence-electron chi connectivity index (χ3n) is 4.61. The van der Waals surface area contributed by atoms with Crippen molar-refractivity contribution in [2.75, 3.05) is 0 Å². The minimum Gasteiger partial charge on any atom is -0.264 e. The van der Waals surface area contributed by atoms with Gasteiger partial charge in [-0.25, -0.2) is 14.5 Å². The van der Waals surface area contributed by atoms with E-state index in [4.69, 9.17) is 4.98 Å². The molecule has 8 heteroatoms. The zero-order chi connectivity index (χ0) is 18.5. The standard InChI is InChI=1S/C19H15BrN6S/c1-11-16(20)12(2)25(23-11)9-13-4-3-5-14(8-13)17-22-18-15-6-7-27-19(15)21-10-26(18)24-17/h3-8,10H,9H2,1-2H3. The summed E-state index contributed by atoms with van der Waals surface area (Å²) in [6.07, 6.45) is 1.72. The van der Waals surface area contributed by atoms with Gasteiger partial charge in [0, 0.05) is 5.56 Å². The number of fused-ring (bicyclic) bond motifs is 3. The lowest BCUT2D eigenvalue weighted by Crippen LogP contribution is -2.04. The van der Waals surface area contributed by atoms with Crippen LogP contribution >= 0.6 is 27.3 Å². The zero-order valence-corrected chi connectivity index (χ0v) is 17.1. The predicted octanol–water partition coefficient (Wildman–Crippen LogP) is 4.63. The number of thiophene rings is 1. The number of benzene rings is 1. The average molecular weight is 439 g/mol. The number of rotatable bonds is 3. The van der Waals surface area contributed by atoms with Gasteiger partial charge < -0.3 is 0 Å². The summed E-state index contributed by atoms with van der Waals surface area (Å²) >= 11 is 5.20. The topological polar surface area (TPSA) is 60.9 Å². The molecule has 0 fully saturated rings. The summed E-state index contributed by atoms with van der Waals surface area (Å²) in [5, 5.41) is 12.3. The fraction of sp³-hybridized carbons (Fsp3) is 0.158. The Hall–Kier alpha value is -2.58. The van der Waals surface area contributed by atoms with Crippen molar-refractivity contribution < 1.29 is 0 Å². The molecule has 5 aromatic rings. The second-order valence-electron chi connectivity index (χ2n) is 6.43. The summed E-state index contributed by atoms with van der Waals surface area (Å²) in [5.74, 6) is 0.701. The van der Waals surface area contributed by atoms with Gasteiger partial charge in [0.1, 0.15) is 11.2 Å². The summed E-state index contributed by atoms with van der Waals surface area (Å²) in [4.78, 5) is 10.2. The quantitative estimate of drug-likeness (QED) is 0.411. The summed E-state index contributed by atoms with van der Waals surface area (Å²) in [6.45, 7) is 4.77. The molecule has 0 spiro atoms. The molecule has 4 heterocycles. The summed E-state index contributed by atoms with van der Waals surface area (Å²) < 4.78 is 4.82. The Bertz CT molecular complexity index is 1300. The Labute approximate surface area is 167 Å². The molecule has 0 saturated carbocycles. The lowest BCUT2D eigenvalue weighted by Gasteiger charge is -2.06. The van der Waals surface area contributed by atoms with Crippen molar-refractivity contribution >= 4 is 43.1 Å². The first kappa shape index (κ1) is 16.6. The molecule has 5 rings (SSSR count). The van der Waals surface area contributed by atoms with Crippen molar-refractivity contribution in [3.8, 4) is 11.4 Å². The summed E-state index contributed by atoms with van der Waals surface area (Å²) in [6, 6.07) is 10.3. The highest BCUT2D eigenvalue weighted by Gasteiger charge is 2.12. The zero-order valence-electron chi connectivity index (χ0n) is 14.7. The van der Waals surface area contributed by atoms with Crippen LogP contribution in [0.4, 0.5) is 0 Å². The second-order valence-corrected chi connectivity index (χ2v) is 8.12. The SMILES string of the molecule is Cc1nn(Cc2cccc(-c3nc4c5ccsc5ncn4n3)c2)c(C)c1Br. The Balaban J connectivity index is 1.55. The molecule has 4 aromatic heterocycles. The molecule has 0 amide bonds. The Morgan fingerprint density at radius 3 is 2.85 bits per heavy atom. The fourth-order valence-corrected chi connectivity index (χ4v) is 4.21. The molecule has 134 valence electrons. The number of aromatic nitrogens is 6. The van der Waals surface area contributed by atoms with E-state index in [1.165, 1.54) is 0 Å². The van der Waals surface area contributed by atoms with Gasteiger partial charge in [-0.3, -0.25) is 4.68 Å². The average Bonchev–Trinajstić information content (AvgIpc) is 3.36. The molecule has 0 bridgehead atoms. The van der Waals surface area contributed by atoms with Crippen molar-refractivity contribution in [3.63, 3.8) is 0 Å². The summed E-state index contributed by atoms with van der Waals surface area (Å²) in [5.41, 5.74) is 5.10. The number of hydrogen-bond donors (Lipinski definition) is 0. The van der Waals surface area contributed by atoms with Gasteiger partial charge in [-0.1, -0.05) is 18.2 Å². The maximum atomic E-state index is 4.76. The molecule has 27 heavy (non-hydrogen) atoms. The van der Waals surface area contributed by atoms with Crippen molar-refractivity contribution in [3.05, 3.63) is 63.5 Å². The van der Waals surface area contributed by atoms with Gasteiger partial charge in [0.05, 0.1) is 27.8 Å². The molecular formula is C19H15BrN6S. The van der Waals surface area contributed by atoms with E-state index in [-0.39, 0.29) is 0 Å². The molecule has 0 atom stereocenters. The van der Waals surface area contributed by atoms with Crippen LogP contribution in [0.3, 0.4) is 0 Å². The first-order valence-electron chi connectivity index (χ1n) is 8.47. The first-order chi connectivity index (χ1) is 13.1. The molecule has 0 unspecified atom stereocenters. The minimum atomic E-state index is 0.701. The molecule has 0 N–H and O–H groups in total. The molecule has 1 aromatic carbocycles. The predicted molar refractivity (Wildman–Crippen MR) is 110 cm³/mol. The Morgan fingerprint density at radius 2 is 2.04 bits per heavy atom. The van der Waals surface area contributed by atoms with Crippen molar-refractivity contribution in [2.45, 2.75) is 20.4 Å². The van der Waals surface area contributed by atoms with E-state index in [1.807, 2.05) is 35.2 Å². The van der Waals surface area contributed by atoms with E-state index < -0.39 is 0 Å². The molecule has 0 saturated heterocycles. The lowest BCUT2D eigenvalue weighted by molar-refractivity contribution is 0.659. The van der Waals surface area contributed by atoms with Gasteiger partial charge in [-0.15, -0.1) is 16.4 Å². The highest BCUT2D eigenvalue weighted by Crippen LogP contribution is 2.25. The van der Waals surface area contributed by atoms with Crippen LogP contribution < -0.4 is 0 Å². The molecule has 0 aliphatic rings. The highest BCUT2D eigenvalue weighted by atomic mass is 79.9. The van der Waals surface area contributed by atoms with E-state index in [9.17, 15) is 0 Å². The van der Waals surface area contributed by atoms with Gasteiger partial charge in [0.2, 0.25) is 0 Å². The van der Waals surface area contributed by atoms with Gasteiger partial charge in [0.25, 0.3) is 0 Å². The fourth-order valence-electron chi connectivity index (χ4n) is 3.20. The van der Waals surface area contributed by atoms with E-state index in [1.54, 1.807) is 22.2 Å². The Kier molecular flexibility index (Phi) is 3.84. The number of aryl methyl sites for hydroxylation is 1. The lowest BCUT2D eigenvalue weighted by atomic mass is 10.1. The Morgan fingerprint density at radius 1 is 1.15 bits per heavy atom. The minimum absolute atomic E-state index is 0.701. The van der Waals surface area contributed by atoms with Crippen molar-refractivity contribution in [1.29, 1.82) is 0 Å². The van der Waals surface area contributed by atoms with Crippen LogP contribution in [0.15, 0.2) is 46.5 Å². The van der Waals surface area contributed by atoms with Gasteiger partial charge in [-0.2, -0.15) is 5.10 Å². The largest absolute Gasteiger partial charge is 0.264 e. The number of nitrogens with zero attached hydrogens (tertiary/aromatic N) is 6. The maximum absolute atomic E-state index is 4.76. The first-order valence-corrected chi connectivity index (χ1v) is 10.1. The monoisotopic (exact) mass is 438 g/mol. The van der Waals surface area contributed by atoms with E-state index >= 15 is 0 Å². The third-order valence-corrected chi connectivity index (χ3v) is 6.58. The van der Waals surface area contributed by atoms with Crippen LogP contribution in [0.2, 0.25) is 0 Å². The van der Waals surface area contributed by atoms with Crippen LogP contribution in [0.5, 0.6) is 0 Å². The van der Waals surface area contributed by atoms with Crippen LogP contribution in [0, 0.1) is 13.8 Å². The number of halogens is 1. The smallest absolute Gasteiger partial charge is 0.182 e. The molecule has 0 aliphatic carbocycles. The third kappa shape index (κ3) is 2.76. The highest BCUT2D eigenvalue weighted by molar-refractivity contribution is 9.10. The van der Waals surface area contributed by atoms with Crippen LogP contribution in [-0.2, 0) is 6.54 Å². The van der Waals surface area contributed by atoms with Crippen LogP contribution in [0.25, 0.3) is 27.3 Å². The van der Waals surface area contributed by atoms with E-state index in [0.29, 0.717) is 12.4 Å².